The topological polar surface area (TPSA) is 110 Å². The summed E-state index contributed by atoms with van der Waals surface area (Å²) in [5.74, 6) is -3.83. The molecule has 1 aromatic rings. The number of hydrogen-bond donors (Lipinski definition) is 2. The Hall–Kier alpha value is -2.42. The zero-order chi connectivity index (χ0) is 16.0. The number of halogens is 1. The van der Waals surface area contributed by atoms with Crippen LogP contribution in [0.5, 0.6) is 0 Å². The molecular formula is C12H12FNO6S. The van der Waals surface area contributed by atoms with Gasteiger partial charge in [0.25, 0.3) is 0 Å². The van der Waals surface area contributed by atoms with Crippen LogP contribution in [0, 0.1) is 5.82 Å². The molecule has 2 N–H and O–H groups in total. The third-order valence-corrected chi connectivity index (χ3v) is 3.37. The van der Waals surface area contributed by atoms with Gasteiger partial charge < -0.3 is 9.84 Å². The number of hydrogen-bond acceptors (Lipinski definition) is 5. The molecule has 0 aromatic heterocycles. The van der Waals surface area contributed by atoms with Gasteiger partial charge in [-0.25, -0.2) is 17.6 Å². The van der Waals surface area contributed by atoms with Crippen molar-refractivity contribution in [2.45, 2.75) is 0 Å². The minimum Gasteiger partial charge on any atom is -0.478 e. The summed E-state index contributed by atoms with van der Waals surface area (Å²) in [6.07, 6.45) is 1.70. The van der Waals surface area contributed by atoms with E-state index in [-0.39, 0.29) is 11.3 Å². The fourth-order valence-corrected chi connectivity index (χ4v) is 2.31. The molecular weight excluding hydrogens is 305 g/mol. The second kappa shape index (κ2) is 6.84. The Morgan fingerprint density at radius 3 is 2.67 bits per heavy atom. The second-order valence-corrected chi connectivity index (χ2v) is 5.57. The van der Waals surface area contributed by atoms with Crippen molar-refractivity contribution in [3.8, 4) is 0 Å². The van der Waals surface area contributed by atoms with Gasteiger partial charge >= 0.3 is 11.9 Å². The smallest absolute Gasteiger partial charge is 0.328 e. The van der Waals surface area contributed by atoms with Gasteiger partial charge in [-0.3, -0.25) is 9.52 Å². The van der Waals surface area contributed by atoms with Crippen molar-refractivity contribution in [2.24, 2.45) is 0 Å². The molecule has 0 atom stereocenters. The van der Waals surface area contributed by atoms with Crippen molar-refractivity contribution in [3.05, 3.63) is 35.7 Å². The molecule has 0 heterocycles. The first-order valence-electron chi connectivity index (χ1n) is 5.51. The number of benzene rings is 1. The van der Waals surface area contributed by atoms with Gasteiger partial charge in [-0.05, 0) is 24.3 Å². The van der Waals surface area contributed by atoms with Gasteiger partial charge in [0, 0.05) is 17.3 Å². The second-order valence-electron chi connectivity index (χ2n) is 3.85. The van der Waals surface area contributed by atoms with E-state index in [0.717, 1.165) is 31.4 Å². The SMILES string of the molecule is COC(=O)CS(=O)(=O)Nc1ccc(F)c(/C=C/C(=O)O)c1. The number of anilines is 1. The van der Waals surface area contributed by atoms with Crippen molar-refractivity contribution in [1.29, 1.82) is 0 Å². The lowest BCUT2D eigenvalue weighted by Gasteiger charge is -2.08. The molecule has 9 heteroatoms. The normalized spacial score (nSPS) is 11.3. The van der Waals surface area contributed by atoms with Crippen LogP contribution in [0.3, 0.4) is 0 Å². The van der Waals surface area contributed by atoms with Crippen LogP contribution >= 0.6 is 0 Å². The molecule has 7 nitrogen and oxygen atoms in total. The first-order chi connectivity index (χ1) is 9.73. The number of carboxylic acid groups (broad SMARTS) is 1. The van der Waals surface area contributed by atoms with Crippen LogP contribution in [-0.2, 0) is 24.3 Å². The fourth-order valence-electron chi connectivity index (χ4n) is 1.33. The maximum Gasteiger partial charge on any atom is 0.328 e. The molecule has 0 aliphatic carbocycles. The van der Waals surface area contributed by atoms with Crippen LogP contribution in [0.1, 0.15) is 5.56 Å². The standard InChI is InChI=1S/C12H12FNO6S/c1-20-12(17)7-21(18,19)14-9-3-4-10(13)8(6-9)2-5-11(15)16/h2-6,14H,7H2,1H3,(H,15,16)/b5-2+. The summed E-state index contributed by atoms with van der Waals surface area (Å²) in [4.78, 5) is 21.3. The van der Waals surface area contributed by atoms with E-state index in [9.17, 15) is 22.4 Å². The Morgan fingerprint density at radius 2 is 2.10 bits per heavy atom. The molecule has 0 fully saturated rings. The maximum absolute atomic E-state index is 13.4. The number of rotatable bonds is 6. The van der Waals surface area contributed by atoms with Crippen LogP contribution < -0.4 is 4.72 Å². The van der Waals surface area contributed by atoms with Crippen molar-refractivity contribution >= 4 is 33.7 Å². The van der Waals surface area contributed by atoms with Crippen molar-refractivity contribution in [3.63, 3.8) is 0 Å². The molecule has 0 spiro atoms. The highest BCUT2D eigenvalue weighted by Gasteiger charge is 2.17. The number of nitrogens with one attached hydrogen (secondary N) is 1. The van der Waals surface area contributed by atoms with Gasteiger partial charge in [0.15, 0.2) is 5.75 Å². The zero-order valence-electron chi connectivity index (χ0n) is 10.9. The summed E-state index contributed by atoms with van der Waals surface area (Å²) in [5, 5.41) is 8.48. The summed E-state index contributed by atoms with van der Waals surface area (Å²) >= 11 is 0. The van der Waals surface area contributed by atoms with E-state index in [1.807, 2.05) is 0 Å². The molecule has 114 valence electrons. The van der Waals surface area contributed by atoms with Gasteiger partial charge in [0.2, 0.25) is 10.0 Å². The minimum atomic E-state index is -3.99. The predicted octanol–water partition coefficient (Wildman–Crippen LogP) is 0.838. The Labute approximate surface area is 120 Å². The number of carbonyl (C=O) groups excluding carboxylic acids is 1. The minimum absolute atomic E-state index is 0.00894. The summed E-state index contributed by atoms with van der Waals surface area (Å²) in [6, 6.07) is 3.21. The number of carboxylic acids is 1. The Bertz CT molecular complexity index is 683. The molecule has 21 heavy (non-hydrogen) atoms. The van der Waals surface area contributed by atoms with Gasteiger partial charge in [-0.15, -0.1) is 0 Å². The zero-order valence-corrected chi connectivity index (χ0v) is 11.7. The summed E-state index contributed by atoms with van der Waals surface area (Å²) in [7, 11) is -2.95. The van der Waals surface area contributed by atoms with Gasteiger partial charge in [-0.1, -0.05) is 0 Å². The number of methoxy groups -OCH3 is 1. The first kappa shape index (κ1) is 16.6. The number of aliphatic carboxylic acids is 1. The van der Waals surface area contributed by atoms with E-state index in [2.05, 4.69) is 9.46 Å². The molecule has 0 aliphatic rings. The number of carbonyl (C=O) groups is 2. The van der Waals surface area contributed by atoms with Gasteiger partial charge in [0.1, 0.15) is 5.82 Å². The molecule has 0 bridgehead atoms. The average molecular weight is 317 g/mol. The Morgan fingerprint density at radius 1 is 1.43 bits per heavy atom. The molecule has 1 rings (SSSR count). The lowest BCUT2D eigenvalue weighted by molar-refractivity contribution is -0.137. The Kier molecular flexibility index (Phi) is 5.42. The van der Waals surface area contributed by atoms with Crippen LogP contribution in [0.4, 0.5) is 10.1 Å². The lowest BCUT2D eigenvalue weighted by Crippen LogP contribution is -2.23. The molecule has 0 amide bonds. The summed E-state index contributed by atoms with van der Waals surface area (Å²) < 4.78 is 42.9. The number of sulfonamides is 1. The lowest BCUT2D eigenvalue weighted by atomic mass is 10.2. The first-order valence-corrected chi connectivity index (χ1v) is 7.16. The maximum atomic E-state index is 13.4. The molecule has 1 aromatic carbocycles. The monoisotopic (exact) mass is 317 g/mol. The third kappa shape index (κ3) is 5.61. The fraction of sp³-hybridized carbons (Fsp3) is 0.167. The highest BCUT2D eigenvalue weighted by Crippen LogP contribution is 2.17. The van der Waals surface area contributed by atoms with Crippen LogP contribution in [0.2, 0.25) is 0 Å². The summed E-state index contributed by atoms with van der Waals surface area (Å²) in [5.41, 5.74) is -0.124. The number of ether oxygens (including phenoxy) is 1. The summed E-state index contributed by atoms with van der Waals surface area (Å²) in [6.45, 7) is 0. The van der Waals surface area contributed by atoms with E-state index in [1.165, 1.54) is 0 Å². The van der Waals surface area contributed by atoms with E-state index in [1.54, 1.807) is 0 Å². The molecule has 0 aliphatic heterocycles. The molecule has 0 unspecified atom stereocenters. The Balaban J connectivity index is 2.97. The van der Waals surface area contributed by atoms with E-state index < -0.39 is 33.5 Å². The van der Waals surface area contributed by atoms with Crippen LogP contribution in [0.15, 0.2) is 24.3 Å². The highest BCUT2D eigenvalue weighted by molar-refractivity contribution is 7.93. The van der Waals surface area contributed by atoms with Crippen LogP contribution in [-0.4, -0.2) is 38.3 Å². The molecule has 0 radical (unpaired) electrons. The molecule has 0 saturated carbocycles. The highest BCUT2D eigenvalue weighted by atomic mass is 32.2. The largest absolute Gasteiger partial charge is 0.478 e. The van der Waals surface area contributed by atoms with E-state index in [0.29, 0.717) is 6.08 Å². The van der Waals surface area contributed by atoms with Crippen LogP contribution in [0.25, 0.3) is 6.08 Å². The predicted molar refractivity (Wildman–Crippen MR) is 72.5 cm³/mol. The number of esters is 1. The van der Waals surface area contributed by atoms with Crippen molar-refractivity contribution < 1.29 is 32.2 Å². The quantitative estimate of drug-likeness (QED) is 0.594. The van der Waals surface area contributed by atoms with E-state index in [4.69, 9.17) is 5.11 Å². The van der Waals surface area contributed by atoms with Crippen molar-refractivity contribution in [1.82, 2.24) is 0 Å². The van der Waals surface area contributed by atoms with Gasteiger partial charge in [0.05, 0.1) is 7.11 Å². The third-order valence-electron chi connectivity index (χ3n) is 2.21. The average Bonchev–Trinajstić information content (AvgIpc) is 2.38. The van der Waals surface area contributed by atoms with Crippen molar-refractivity contribution in [2.75, 3.05) is 17.6 Å². The van der Waals surface area contributed by atoms with Gasteiger partial charge in [-0.2, -0.15) is 0 Å². The molecule has 0 saturated heterocycles. The van der Waals surface area contributed by atoms with E-state index >= 15 is 0 Å².